The molecule has 2 N–H and O–H groups in total. The Balaban J connectivity index is 1.36. The van der Waals surface area contributed by atoms with E-state index in [2.05, 4.69) is 20.2 Å². The summed E-state index contributed by atoms with van der Waals surface area (Å²) in [7, 11) is 0. The number of amides is 1. The maximum atomic E-state index is 12.6. The number of rotatable bonds is 6. The number of carbonyl (C=O) groups is 1. The van der Waals surface area contributed by atoms with Crippen LogP contribution in [0.15, 0.2) is 58.5 Å². The van der Waals surface area contributed by atoms with Crippen molar-refractivity contribution in [1.29, 1.82) is 0 Å². The first-order valence-electron chi connectivity index (χ1n) is 10.0. The third-order valence-electron chi connectivity index (χ3n) is 5.12. The minimum absolute atomic E-state index is 0.132. The summed E-state index contributed by atoms with van der Waals surface area (Å²) in [6.45, 7) is 4.13. The van der Waals surface area contributed by atoms with E-state index in [1.165, 1.54) is 11.8 Å². The molecule has 1 amide bonds. The third kappa shape index (κ3) is 5.76. The zero-order chi connectivity index (χ0) is 21.8. The number of aromatic amines is 1. The molecule has 160 valence electrons. The van der Waals surface area contributed by atoms with Gasteiger partial charge in [0.25, 0.3) is 5.56 Å². The van der Waals surface area contributed by atoms with Crippen molar-refractivity contribution >= 4 is 35.0 Å². The van der Waals surface area contributed by atoms with E-state index in [0.29, 0.717) is 28.7 Å². The molecule has 0 bridgehead atoms. The number of thioether (sulfide) groups is 1. The summed E-state index contributed by atoms with van der Waals surface area (Å²) in [6, 6.07) is 15.4. The lowest BCUT2D eigenvalue weighted by molar-refractivity contribution is -0.113. The molecule has 1 aliphatic heterocycles. The van der Waals surface area contributed by atoms with Crippen LogP contribution in [0.1, 0.15) is 22.4 Å². The van der Waals surface area contributed by atoms with Gasteiger partial charge in [-0.25, -0.2) is 4.98 Å². The Morgan fingerprint density at radius 1 is 1.19 bits per heavy atom. The number of halogens is 1. The number of nitrogens with zero attached hydrogens (tertiary/aromatic N) is 2. The lowest BCUT2D eigenvalue weighted by atomic mass is 10.1. The number of aromatic nitrogens is 2. The summed E-state index contributed by atoms with van der Waals surface area (Å²) in [5, 5.41) is 4.05. The predicted octanol–water partition coefficient (Wildman–Crippen LogP) is 4.02. The van der Waals surface area contributed by atoms with Gasteiger partial charge in [-0.2, -0.15) is 0 Å². The topological polar surface area (TPSA) is 78.1 Å². The number of hydrogen-bond donors (Lipinski definition) is 2. The summed E-state index contributed by atoms with van der Waals surface area (Å²) >= 11 is 7.19. The van der Waals surface area contributed by atoms with Crippen LogP contribution in [0.3, 0.4) is 0 Å². The van der Waals surface area contributed by atoms with Crippen LogP contribution >= 0.6 is 23.4 Å². The second kappa shape index (κ2) is 9.68. The molecule has 0 fully saturated rings. The number of benzene rings is 2. The number of hydrogen-bond acceptors (Lipinski definition) is 5. The fraction of sp³-hybridized carbons (Fsp3) is 0.261. The molecule has 1 aliphatic rings. The maximum Gasteiger partial charge on any atom is 0.256 e. The van der Waals surface area contributed by atoms with Gasteiger partial charge < -0.3 is 10.3 Å². The van der Waals surface area contributed by atoms with Crippen LogP contribution in [-0.2, 0) is 24.3 Å². The number of H-pyrrole nitrogens is 1. The van der Waals surface area contributed by atoms with Crippen LogP contribution in [0.4, 0.5) is 5.69 Å². The average Bonchev–Trinajstić information content (AvgIpc) is 2.76. The fourth-order valence-electron chi connectivity index (χ4n) is 3.48. The van der Waals surface area contributed by atoms with Crippen LogP contribution in [0.2, 0.25) is 5.02 Å². The molecular formula is C23H23ClN4O2S. The van der Waals surface area contributed by atoms with Crippen molar-refractivity contribution in [2.24, 2.45) is 0 Å². The summed E-state index contributed by atoms with van der Waals surface area (Å²) in [6.07, 6.45) is 0.704. The Kier molecular flexibility index (Phi) is 6.75. The van der Waals surface area contributed by atoms with Gasteiger partial charge >= 0.3 is 0 Å². The molecule has 3 aromatic rings. The Bertz CT molecular complexity index is 1130. The molecule has 0 spiro atoms. The Morgan fingerprint density at radius 3 is 2.68 bits per heavy atom. The monoisotopic (exact) mass is 454 g/mol. The number of carbonyl (C=O) groups excluding carboxylic acids is 1. The minimum Gasteiger partial charge on any atom is -0.325 e. The standard InChI is InChI=1S/C23H23ClN4O2S/c1-15-2-8-18(9-3-15)25-21(29)14-31-23-26-20-10-11-28(13-19(20)22(30)27-23)12-16-4-6-17(24)7-5-16/h2-9H,10-14H2,1H3,(H,25,29)(H,26,27,30). The smallest absolute Gasteiger partial charge is 0.256 e. The van der Waals surface area contributed by atoms with Gasteiger partial charge in [-0.15, -0.1) is 0 Å². The quantitative estimate of drug-likeness (QED) is 0.434. The van der Waals surface area contributed by atoms with Crippen LogP contribution in [0.5, 0.6) is 0 Å². The average molecular weight is 455 g/mol. The number of nitrogens with one attached hydrogen (secondary N) is 2. The Labute approximate surface area is 190 Å². The molecule has 2 aromatic carbocycles. The van der Waals surface area contributed by atoms with Gasteiger partial charge in [0, 0.05) is 36.8 Å². The first kappa shape index (κ1) is 21.6. The van der Waals surface area contributed by atoms with Crippen molar-refractivity contribution in [1.82, 2.24) is 14.9 Å². The van der Waals surface area contributed by atoms with Gasteiger partial charge in [0.05, 0.1) is 17.0 Å². The van der Waals surface area contributed by atoms with Gasteiger partial charge in [-0.3, -0.25) is 14.5 Å². The fourth-order valence-corrected chi connectivity index (χ4v) is 4.28. The molecule has 1 aromatic heterocycles. The van der Waals surface area contributed by atoms with E-state index in [1.807, 2.05) is 55.5 Å². The Hall–Kier alpha value is -2.61. The van der Waals surface area contributed by atoms with Gasteiger partial charge in [-0.1, -0.05) is 53.2 Å². The van der Waals surface area contributed by atoms with E-state index in [0.717, 1.165) is 35.6 Å². The minimum atomic E-state index is -0.136. The molecule has 0 unspecified atom stereocenters. The zero-order valence-electron chi connectivity index (χ0n) is 17.2. The van der Waals surface area contributed by atoms with Crippen molar-refractivity contribution in [3.05, 3.63) is 86.3 Å². The SMILES string of the molecule is Cc1ccc(NC(=O)CSc2nc3c(c(=O)[nH]2)CN(Cc2ccc(Cl)cc2)CC3)cc1. The molecule has 0 atom stereocenters. The van der Waals surface area contributed by atoms with Gasteiger partial charge in [0.1, 0.15) is 0 Å². The van der Waals surface area contributed by atoms with Crippen LogP contribution in [-0.4, -0.2) is 33.1 Å². The molecule has 0 saturated heterocycles. The molecule has 2 heterocycles. The molecule has 31 heavy (non-hydrogen) atoms. The van der Waals surface area contributed by atoms with Crippen molar-refractivity contribution < 1.29 is 4.79 Å². The van der Waals surface area contributed by atoms with Crippen molar-refractivity contribution in [3.63, 3.8) is 0 Å². The molecule has 4 rings (SSSR count). The largest absolute Gasteiger partial charge is 0.325 e. The van der Waals surface area contributed by atoms with Gasteiger partial charge in [0.15, 0.2) is 5.16 Å². The van der Waals surface area contributed by atoms with E-state index < -0.39 is 0 Å². The van der Waals surface area contributed by atoms with Crippen LogP contribution in [0, 0.1) is 6.92 Å². The van der Waals surface area contributed by atoms with Crippen LogP contribution < -0.4 is 10.9 Å². The summed E-state index contributed by atoms with van der Waals surface area (Å²) in [4.78, 5) is 34.5. The highest BCUT2D eigenvalue weighted by molar-refractivity contribution is 7.99. The molecule has 6 nitrogen and oxygen atoms in total. The van der Waals surface area contributed by atoms with Crippen LogP contribution in [0.25, 0.3) is 0 Å². The Morgan fingerprint density at radius 2 is 1.94 bits per heavy atom. The molecule has 0 radical (unpaired) electrons. The van der Waals surface area contributed by atoms with E-state index in [9.17, 15) is 9.59 Å². The number of aryl methyl sites for hydroxylation is 1. The van der Waals surface area contributed by atoms with Gasteiger partial charge in [-0.05, 0) is 36.8 Å². The zero-order valence-corrected chi connectivity index (χ0v) is 18.7. The molecule has 8 heteroatoms. The number of anilines is 1. The van der Waals surface area contributed by atoms with Crippen molar-refractivity contribution in [3.8, 4) is 0 Å². The van der Waals surface area contributed by atoms with Crippen molar-refractivity contribution in [2.45, 2.75) is 31.6 Å². The highest BCUT2D eigenvalue weighted by Crippen LogP contribution is 2.20. The van der Waals surface area contributed by atoms with E-state index >= 15 is 0 Å². The first-order valence-corrected chi connectivity index (χ1v) is 11.4. The normalized spacial score (nSPS) is 13.6. The van der Waals surface area contributed by atoms with Crippen molar-refractivity contribution in [2.75, 3.05) is 17.6 Å². The second-order valence-corrected chi connectivity index (χ2v) is 8.99. The second-order valence-electron chi connectivity index (χ2n) is 7.59. The summed E-state index contributed by atoms with van der Waals surface area (Å²) in [5.74, 6) is 0.0431. The third-order valence-corrected chi connectivity index (χ3v) is 6.25. The molecule has 0 aliphatic carbocycles. The first-order chi connectivity index (χ1) is 15.0. The van der Waals surface area contributed by atoms with E-state index in [-0.39, 0.29) is 17.2 Å². The molecular weight excluding hydrogens is 432 g/mol. The molecule has 0 saturated carbocycles. The lowest BCUT2D eigenvalue weighted by Gasteiger charge is -2.27. The van der Waals surface area contributed by atoms with Gasteiger partial charge in [0.2, 0.25) is 5.91 Å². The number of fused-ring (bicyclic) bond motifs is 1. The highest BCUT2D eigenvalue weighted by Gasteiger charge is 2.21. The van der Waals surface area contributed by atoms with E-state index in [1.54, 1.807) is 0 Å². The summed E-state index contributed by atoms with van der Waals surface area (Å²) in [5.41, 5.74) is 4.43. The summed E-state index contributed by atoms with van der Waals surface area (Å²) < 4.78 is 0. The highest BCUT2D eigenvalue weighted by atomic mass is 35.5. The lowest BCUT2D eigenvalue weighted by Crippen LogP contribution is -2.35. The predicted molar refractivity (Wildman–Crippen MR) is 125 cm³/mol. The van der Waals surface area contributed by atoms with E-state index in [4.69, 9.17) is 11.6 Å². The maximum absolute atomic E-state index is 12.6.